The number of hydrogen-bond donors (Lipinski definition) is 4. The van der Waals surface area contributed by atoms with Gasteiger partial charge in [-0.25, -0.2) is 8.42 Å². The first-order valence-corrected chi connectivity index (χ1v) is 13.0. The number of nitrogens with one attached hydrogen (secondary N) is 1. The Morgan fingerprint density at radius 3 is 2.35 bits per heavy atom. The van der Waals surface area contributed by atoms with Gasteiger partial charge in [-0.1, -0.05) is 43.6 Å². The number of carbonyl (C=O) groups is 1. The first-order chi connectivity index (χ1) is 15.9. The van der Waals surface area contributed by atoms with Crippen molar-refractivity contribution in [3.8, 4) is 0 Å². The van der Waals surface area contributed by atoms with Crippen LogP contribution in [0.25, 0.3) is 0 Å². The summed E-state index contributed by atoms with van der Waals surface area (Å²) in [7, 11) is -3.85. The Morgan fingerprint density at radius 1 is 1.18 bits per heavy atom. The van der Waals surface area contributed by atoms with Crippen molar-refractivity contribution in [2.24, 2.45) is 11.7 Å². The molecule has 0 saturated heterocycles. The van der Waals surface area contributed by atoms with Crippen LogP contribution in [0, 0.1) is 5.92 Å². The second-order valence-electron chi connectivity index (χ2n) is 8.95. The largest absolute Gasteiger partial charge is 0.399 e. The van der Waals surface area contributed by atoms with Crippen LogP contribution in [0.1, 0.15) is 39.2 Å². The molecule has 0 saturated carbocycles. The fraction of sp³-hybridized carbons (Fsp3) is 0.458. The number of nitrogens with zero attached hydrogens (tertiary/aromatic N) is 1. The third kappa shape index (κ3) is 6.93. The van der Waals surface area contributed by atoms with Crippen molar-refractivity contribution in [3.63, 3.8) is 0 Å². The molecule has 2 aromatic rings. The van der Waals surface area contributed by atoms with Gasteiger partial charge in [0.2, 0.25) is 15.9 Å². The second-order valence-corrected chi connectivity index (χ2v) is 11.3. The molecule has 8 nitrogen and oxygen atoms in total. The van der Waals surface area contributed by atoms with E-state index in [1.807, 2.05) is 13.8 Å². The number of sulfonamides is 1. The minimum Gasteiger partial charge on any atom is -0.399 e. The first kappa shape index (κ1) is 28.1. The monoisotopic (exact) mass is 510 g/mol. The summed E-state index contributed by atoms with van der Waals surface area (Å²) >= 11 is 6.20. The lowest BCUT2D eigenvalue weighted by Crippen LogP contribution is -2.49. The quantitative estimate of drug-likeness (QED) is 0.256. The highest BCUT2D eigenvalue weighted by Gasteiger charge is 2.33. The number of rotatable bonds is 12. The zero-order valence-corrected chi connectivity index (χ0v) is 21.4. The van der Waals surface area contributed by atoms with Gasteiger partial charge in [-0.05, 0) is 61.6 Å². The van der Waals surface area contributed by atoms with Crippen molar-refractivity contribution >= 4 is 33.2 Å². The summed E-state index contributed by atoms with van der Waals surface area (Å²) in [6, 6.07) is 12.2. The van der Waals surface area contributed by atoms with Gasteiger partial charge >= 0.3 is 0 Å². The average molecular weight is 511 g/mol. The van der Waals surface area contributed by atoms with Gasteiger partial charge in [-0.3, -0.25) is 4.79 Å². The van der Waals surface area contributed by atoms with E-state index in [4.69, 9.17) is 23.1 Å². The maximum Gasteiger partial charge on any atom is 0.244 e. The van der Waals surface area contributed by atoms with Crippen molar-refractivity contribution < 1.29 is 18.3 Å². The van der Waals surface area contributed by atoms with E-state index in [1.165, 1.54) is 28.6 Å². The molecule has 188 valence electrons. The standard InChI is InChI=1S/C24H35ClN4O4S/c1-17(2)15-29(34(32,33)20-12-10-18(26)11-13-20)19(16-30)7-6-14-28-23(31)24(3,27)21-8-4-5-9-22(21)25/h4-5,8-13,17,19,30H,6-7,14-16,26-27H2,1-3H3,(H,28,31)/t19?,24-/m0/s1. The van der Waals surface area contributed by atoms with E-state index < -0.39 is 27.5 Å². The molecule has 0 aromatic heterocycles. The summed E-state index contributed by atoms with van der Waals surface area (Å²) in [5.74, 6) is -0.347. The molecule has 0 aliphatic heterocycles. The number of aliphatic hydroxyl groups is 1. The van der Waals surface area contributed by atoms with E-state index in [-0.39, 0.29) is 30.5 Å². The highest BCUT2D eigenvalue weighted by atomic mass is 35.5. The maximum atomic E-state index is 13.3. The molecule has 1 amide bonds. The molecule has 2 atom stereocenters. The Balaban J connectivity index is 2.07. The summed E-state index contributed by atoms with van der Waals surface area (Å²) in [6.07, 6.45) is 0.798. The summed E-state index contributed by atoms with van der Waals surface area (Å²) in [5.41, 5.74) is 11.6. The van der Waals surface area contributed by atoms with Crippen molar-refractivity contribution in [2.75, 3.05) is 25.4 Å². The van der Waals surface area contributed by atoms with E-state index in [0.717, 1.165) is 0 Å². The van der Waals surface area contributed by atoms with E-state index in [0.29, 0.717) is 29.1 Å². The Labute approximate surface area is 207 Å². The fourth-order valence-electron chi connectivity index (χ4n) is 3.63. The summed E-state index contributed by atoms with van der Waals surface area (Å²) in [4.78, 5) is 12.8. The summed E-state index contributed by atoms with van der Waals surface area (Å²) in [6.45, 7) is 5.59. The van der Waals surface area contributed by atoms with Crippen molar-refractivity contribution in [1.29, 1.82) is 0 Å². The Bertz CT molecular complexity index is 1060. The Hall–Kier alpha value is -2.17. The highest BCUT2D eigenvalue weighted by molar-refractivity contribution is 7.89. The van der Waals surface area contributed by atoms with Gasteiger partial charge in [0.15, 0.2) is 0 Å². The molecule has 0 radical (unpaired) electrons. The molecule has 2 aromatic carbocycles. The molecule has 10 heteroatoms. The van der Waals surface area contributed by atoms with Gasteiger partial charge in [-0.2, -0.15) is 4.31 Å². The number of hydrogen-bond acceptors (Lipinski definition) is 6. The van der Waals surface area contributed by atoms with Gasteiger partial charge in [0.25, 0.3) is 0 Å². The lowest BCUT2D eigenvalue weighted by molar-refractivity contribution is -0.126. The number of benzene rings is 2. The number of nitrogens with two attached hydrogens (primary N) is 2. The smallest absolute Gasteiger partial charge is 0.244 e. The lowest BCUT2D eigenvalue weighted by Gasteiger charge is -2.31. The second kappa shape index (κ2) is 12.0. The number of halogens is 1. The SMILES string of the molecule is CC(C)CN(C(CO)CCCNC(=O)[C@@](C)(N)c1ccccc1Cl)S(=O)(=O)c1ccc(N)cc1. The number of aliphatic hydroxyl groups excluding tert-OH is 1. The Morgan fingerprint density at radius 2 is 1.79 bits per heavy atom. The van der Waals surface area contributed by atoms with Crippen LogP contribution in [-0.4, -0.2) is 49.5 Å². The summed E-state index contributed by atoms with van der Waals surface area (Å²) in [5, 5.41) is 13.2. The van der Waals surface area contributed by atoms with Gasteiger partial charge in [0, 0.05) is 29.8 Å². The molecule has 1 unspecified atom stereocenters. The predicted molar refractivity (Wildman–Crippen MR) is 136 cm³/mol. The minimum atomic E-state index is -3.85. The third-order valence-electron chi connectivity index (χ3n) is 5.55. The molecule has 6 N–H and O–H groups in total. The zero-order chi connectivity index (χ0) is 25.5. The molecule has 0 aliphatic rings. The molecule has 34 heavy (non-hydrogen) atoms. The van der Waals surface area contributed by atoms with Crippen LogP contribution >= 0.6 is 11.6 Å². The molecule has 0 heterocycles. The predicted octanol–water partition coefficient (Wildman–Crippen LogP) is 2.70. The van der Waals surface area contributed by atoms with E-state index >= 15 is 0 Å². The molecule has 2 rings (SSSR count). The normalized spacial score (nSPS) is 14.7. The van der Waals surface area contributed by atoms with Crippen LogP contribution in [0.4, 0.5) is 5.69 Å². The van der Waals surface area contributed by atoms with Crippen LogP contribution < -0.4 is 16.8 Å². The highest BCUT2D eigenvalue weighted by Crippen LogP contribution is 2.26. The number of anilines is 1. The van der Waals surface area contributed by atoms with E-state index in [1.54, 1.807) is 31.2 Å². The van der Waals surface area contributed by atoms with Crippen LogP contribution in [0.5, 0.6) is 0 Å². The molecule has 0 spiro atoms. The van der Waals surface area contributed by atoms with Gasteiger partial charge in [-0.15, -0.1) is 0 Å². The van der Waals surface area contributed by atoms with Crippen LogP contribution in [0.15, 0.2) is 53.4 Å². The van der Waals surface area contributed by atoms with Crippen molar-refractivity contribution in [2.45, 2.75) is 50.1 Å². The Kier molecular flexibility index (Phi) is 9.90. The van der Waals surface area contributed by atoms with Gasteiger partial charge < -0.3 is 21.9 Å². The first-order valence-electron chi connectivity index (χ1n) is 11.2. The fourth-order valence-corrected chi connectivity index (χ4v) is 5.77. The molecular formula is C24H35ClN4O4S. The molecule has 0 fully saturated rings. The topological polar surface area (TPSA) is 139 Å². The lowest BCUT2D eigenvalue weighted by atomic mass is 9.92. The van der Waals surface area contributed by atoms with Crippen molar-refractivity contribution in [3.05, 3.63) is 59.1 Å². The number of nitrogen functional groups attached to an aromatic ring is 1. The van der Waals surface area contributed by atoms with Crippen LogP contribution in [-0.2, 0) is 20.4 Å². The molecular weight excluding hydrogens is 476 g/mol. The van der Waals surface area contributed by atoms with Gasteiger partial charge in [0.05, 0.1) is 11.5 Å². The van der Waals surface area contributed by atoms with E-state index in [9.17, 15) is 18.3 Å². The van der Waals surface area contributed by atoms with Crippen LogP contribution in [0.3, 0.4) is 0 Å². The van der Waals surface area contributed by atoms with Gasteiger partial charge in [0.1, 0.15) is 5.54 Å². The minimum absolute atomic E-state index is 0.0471. The van der Waals surface area contributed by atoms with E-state index in [2.05, 4.69) is 5.32 Å². The van der Waals surface area contributed by atoms with Crippen LogP contribution in [0.2, 0.25) is 5.02 Å². The number of carbonyl (C=O) groups excluding carboxylic acids is 1. The summed E-state index contributed by atoms with van der Waals surface area (Å²) < 4.78 is 28.0. The average Bonchev–Trinajstić information content (AvgIpc) is 2.78. The van der Waals surface area contributed by atoms with Crippen molar-refractivity contribution in [1.82, 2.24) is 9.62 Å². The molecule has 0 aliphatic carbocycles. The maximum absolute atomic E-state index is 13.3. The number of amides is 1. The molecule has 0 bridgehead atoms. The zero-order valence-electron chi connectivity index (χ0n) is 19.9. The third-order valence-corrected chi connectivity index (χ3v) is 7.82.